The van der Waals surface area contributed by atoms with Gasteiger partial charge >= 0.3 is 5.69 Å². The average Bonchev–Trinajstić information content (AvgIpc) is 2.46. The highest BCUT2D eigenvalue weighted by Gasteiger charge is 2.17. The van der Waals surface area contributed by atoms with Gasteiger partial charge in [0.2, 0.25) is 0 Å². The summed E-state index contributed by atoms with van der Waals surface area (Å²) in [6.45, 7) is 0.00911. The number of nitrogens with two attached hydrogens (primary N) is 1. The molecular weight excluding hydrogens is 299 g/mol. The van der Waals surface area contributed by atoms with Crippen molar-refractivity contribution in [2.24, 2.45) is 5.73 Å². The molecule has 0 spiro atoms. The first-order valence-electron chi connectivity index (χ1n) is 6.06. The molecule has 0 fully saturated rings. The van der Waals surface area contributed by atoms with Crippen LogP contribution in [0.5, 0.6) is 5.75 Å². The van der Waals surface area contributed by atoms with Gasteiger partial charge in [0.15, 0.2) is 5.75 Å². The third kappa shape index (κ3) is 3.48. The number of halogens is 2. The monoisotopic (exact) mass is 310 g/mol. The maximum Gasteiger partial charge on any atom is 0.310 e. The highest BCUT2D eigenvalue weighted by atomic mass is 35.5. The van der Waals surface area contributed by atoms with E-state index < -0.39 is 10.7 Å². The minimum atomic E-state index is -0.571. The van der Waals surface area contributed by atoms with Gasteiger partial charge in [0, 0.05) is 18.2 Å². The Labute approximate surface area is 125 Å². The Kier molecular flexibility index (Phi) is 4.72. The molecule has 21 heavy (non-hydrogen) atoms. The van der Waals surface area contributed by atoms with Crippen molar-refractivity contribution in [3.63, 3.8) is 0 Å². The largest absolute Gasteiger partial charge is 0.482 e. The molecule has 0 atom stereocenters. The summed E-state index contributed by atoms with van der Waals surface area (Å²) in [7, 11) is 0. The van der Waals surface area contributed by atoms with Gasteiger partial charge in [-0.2, -0.15) is 0 Å². The van der Waals surface area contributed by atoms with Gasteiger partial charge in [0.25, 0.3) is 0 Å². The van der Waals surface area contributed by atoms with Gasteiger partial charge in [0.1, 0.15) is 12.4 Å². The number of nitro benzene ring substituents is 1. The number of nitrogens with zero attached hydrogens (tertiary/aromatic N) is 1. The molecule has 110 valence electrons. The lowest BCUT2D eigenvalue weighted by Crippen LogP contribution is -2.04. The second-order valence-electron chi connectivity index (χ2n) is 4.25. The summed E-state index contributed by atoms with van der Waals surface area (Å²) < 4.78 is 19.0. The molecule has 0 radical (unpaired) electrons. The molecule has 0 unspecified atom stereocenters. The number of rotatable bonds is 5. The van der Waals surface area contributed by atoms with Crippen LogP contribution in [0.4, 0.5) is 10.1 Å². The van der Waals surface area contributed by atoms with Crippen LogP contribution >= 0.6 is 11.6 Å². The van der Waals surface area contributed by atoms with E-state index in [9.17, 15) is 14.5 Å². The third-order valence-electron chi connectivity index (χ3n) is 2.89. The molecule has 0 bridgehead atoms. The molecule has 7 heteroatoms. The number of benzene rings is 2. The molecule has 2 aromatic carbocycles. The lowest BCUT2D eigenvalue weighted by atomic mass is 10.2. The van der Waals surface area contributed by atoms with Crippen molar-refractivity contribution in [3.05, 3.63) is 68.5 Å². The Morgan fingerprint density at radius 2 is 2.10 bits per heavy atom. The van der Waals surface area contributed by atoms with Crippen molar-refractivity contribution in [1.29, 1.82) is 0 Å². The summed E-state index contributed by atoms with van der Waals surface area (Å²) in [5, 5.41) is 11.2. The van der Waals surface area contributed by atoms with Crippen LogP contribution in [-0.4, -0.2) is 4.92 Å². The van der Waals surface area contributed by atoms with Crippen LogP contribution in [-0.2, 0) is 13.2 Å². The van der Waals surface area contributed by atoms with Gasteiger partial charge in [-0.25, -0.2) is 4.39 Å². The minimum Gasteiger partial charge on any atom is -0.482 e. The molecule has 0 aliphatic rings. The summed E-state index contributed by atoms with van der Waals surface area (Å²) in [5.74, 6) is -0.498. The van der Waals surface area contributed by atoms with Crippen molar-refractivity contribution in [2.45, 2.75) is 13.2 Å². The van der Waals surface area contributed by atoms with E-state index in [0.29, 0.717) is 5.56 Å². The van der Waals surface area contributed by atoms with E-state index in [1.54, 1.807) is 6.07 Å². The topological polar surface area (TPSA) is 78.4 Å². The van der Waals surface area contributed by atoms with Gasteiger partial charge in [0.05, 0.1) is 9.95 Å². The zero-order valence-electron chi connectivity index (χ0n) is 10.9. The quantitative estimate of drug-likeness (QED) is 0.678. The van der Waals surface area contributed by atoms with Crippen LogP contribution in [0.1, 0.15) is 11.1 Å². The Morgan fingerprint density at radius 1 is 1.33 bits per heavy atom. The normalized spacial score (nSPS) is 10.4. The first-order valence-corrected chi connectivity index (χ1v) is 6.43. The fraction of sp³-hybridized carbons (Fsp3) is 0.143. The van der Waals surface area contributed by atoms with Crippen LogP contribution in [0.2, 0.25) is 5.02 Å². The predicted octanol–water partition coefficient (Wildman–Crippen LogP) is 3.43. The van der Waals surface area contributed by atoms with Crippen molar-refractivity contribution < 1.29 is 14.1 Å². The fourth-order valence-corrected chi connectivity index (χ4v) is 1.99. The summed E-state index contributed by atoms with van der Waals surface area (Å²) in [6, 6.07) is 8.55. The highest BCUT2D eigenvalue weighted by molar-refractivity contribution is 6.31. The van der Waals surface area contributed by atoms with Crippen molar-refractivity contribution >= 4 is 17.3 Å². The van der Waals surface area contributed by atoms with Crippen LogP contribution in [0.25, 0.3) is 0 Å². The molecule has 0 aliphatic carbocycles. The van der Waals surface area contributed by atoms with Crippen LogP contribution in [0, 0.1) is 15.9 Å². The smallest absolute Gasteiger partial charge is 0.310 e. The van der Waals surface area contributed by atoms with E-state index in [1.807, 2.05) is 0 Å². The highest BCUT2D eigenvalue weighted by Crippen LogP contribution is 2.30. The summed E-state index contributed by atoms with van der Waals surface area (Å²) in [4.78, 5) is 10.4. The molecule has 2 N–H and O–H groups in total. The fourth-order valence-electron chi connectivity index (χ4n) is 1.77. The van der Waals surface area contributed by atoms with E-state index in [2.05, 4.69) is 0 Å². The van der Waals surface area contributed by atoms with E-state index >= 15 is 0 Å². The van der Waals surface area contributed by atoms with Crippen molar-refractivity contribution in [3.8, 4) is 5.75 Å². The second-order valence-corrected chi connectivity index (χ2v) is 4.66. The molecular formula is C14H12ClFN2O3. The lowest BCUT2D eigenvalue weighted by molar-refractivity contribution is -0.386. The van der Waals surface area contributed by atoms with E-state index in [0.717, 1.165) is 0 Å². The van der Waals surface area contributed by atoms with Gasteiger partial charge in [-0.3, -0.25) is 10.1 Å². The maximum absolute atomic E-state index is 13.6. The zero-order chi connectivity index (χ0) is 15.4. The summed E-state index contributed by atoms with van der Waals surface area (Å²) in [5.41, 5.74) is 6.11. The SMILES string of the molecule is NCc1ccc([N+](=O)[O-])c(OCc2c(F)cccc2Cl)c1. The third-order valence-corrected chi connectivity index (χ3v) is 3.24. The molecule has 0 aliphatic heterocycles. The Morgan fingerprint density at radius 3 is 2.71 bits per heavy atom. The summed E-state index contributed by atoms with van der Waals surface area (Å²) >= 11 is 5.88. The molecule has 2 aromatic rings. The van der Waals surface area contributed by atoms with Crippen molar-refractivity contribution in [1.82, 2.24) is 0 Å². The summed E-state index contributed by atoms with van der Waals surface area (Å²) in [6.07, 6.45) is 0. The Balaban J connectivity index is 2.28. The predicted molar refractivity (Wildman–Crippen MR) is 76.7 cm³/mol. The molecule has 0 aromatic heterocycles. The minimum absolute atomic E-state index is 0.0299. The number of ether oxygens (including phenoxy) is 1. The molecule has 0 heterocycles. The van der Waals surface area contributed by atoms with E-state index in [4.69, 9.17) is 22.1 Å². The van der Waals surface area contributed by atoms with Gasteiger partial charge < -0.3 is 10.5 Å². The van der Waals surface area contributed by atoms with Gasteiger partial charge in [-0.1, -0.05) is 23.7 Å². The molecule has 0 saturated heterocycles. The Bertz CT molecular complexity index is 659. The lowest BCUT2D eigenvalue weighted by Gasteiger charge is -2.10. The van der Waals surface area contributed by atoms with Crippen LogP contribution in [0.15, 0.2) is 36.4 Å². The van der Waals surface area contributed by atoms with Gasteiger partial charge in [-0.15, -0.1) is 0 Å². The standard InChI is InChI=1S/C14H12ClFN2O3/c15-11-2-1-3-12(16)10(11)8-21-14-6-9(7-17)4-5-13(14)18(19)20/h1-6H,7-8,17H2. The average molecular weight is 311 g/mol. The van der Waals surface area contributed by atoms with Gasteiger partial charge in [-0.05, 0) is 23.8 Å². The van der Waals surface area contributed by atoms with E-state index in [1.165, 1.54) is 30.3 Å². The molecule has 0 amide bonds. The van der Waals surface area contributed by atoms with E-state index in [-0.39, 0.29) is 35.2 Å². The first kappa shape index (κ1) is 15.2. The number of nitro groups is 1. The zero-order valence-corrected chi connectivity index (χ0v) is 11.6. The molecule has 5 nitrogen and oxygen atoms in total. The van der Waals surface area contributed by atoms with Crippen molar-refractivity contribution in [2.75, 3.05) is 0 Å². The number of hydrogen-bond donors (Lipinski definition) is 1. The first-order chi connectivity index (χ1) is 10.0. The van der Waals surface area contributed by atoms with Crippen LogP contribution < -0.4 is 10.5 Å². The van der Waals surface area contributed by atoms with Crippen LogP contribution in [0.3, 0.4) is 0 Å². The second kappa shape index (κ2) is 6.51. The molecule has 2 rings (SSSR count). The maximum atomic E-state index is 13.6. The Hall–Kier alpha value is -2.18. The number of hydrogen-bond acceptors (Lipinski definition) is 4. The molecule has 0 saturated carbocycles.